The fraction of sp³-hybridized carbons (Fsp3) is 0.143. The largest absolute Gasteiger partial charge is 0.480 e. The molecule has 1 aromatic heterocycles. The van der Waals surface area contributed by atoms with Crippen LogP contribution in [0.2, 0.25) is 0 Å². The Morgan fingerprint density at radius 1 is 1.17 bits per heavy atom. The summed E-state index contributed by atoms with van der Waals surface area (Å²) in [7, 11) is -3.93. The number of carbonyl (C=O) groups is 2. The van der Waals surface area contributed by atoms with E-state index in [0.29, 0.717) is 10.6 Å². The summed E-state index contributed by atoms with van der Waals surface area (Å²) >= 11 is 1.29. The minimum absolute atomic E-state index is 0.0836. The predicted octanol–water partition coefficient (Wildman–Crippen LogP) is 1.75. The summed E-state index contributed by atoms with van der Waals surface area (Å²) in [5.41, 5.74) is 0.439. The molecular weight excluding hydrogens is 340 g/mol. The third-order valence-electron chi connectivity index (χ3n) is 2.87. The van der Waals surface area contributed by atoms with Crippen LogP contribution in [0.4, 0.5) is 5.69 Å². The van der Waals surface area contributed by atoms with Crippen LogP contribution >= 0.6 is 11.3 Å². The van der Waals surface area contributed by atoms with E-state index in [2.05, 4.69) is 5.32 Å². The molecule has 1 aromatic carbocycles. The Hall–Kier alpha value is -2.23. The quantitative estimate of drug-likeness (QED) is 0.731. The zero-order chi connectivity index (χ0) is 17.0. The van der Waals surface area contributed by atoms with E-state index in [1.165, 1.54) is 42.5 Å². The summed E-state index contributed by atoms with van der Waals surface area (Å²) in [6.07, 6.45) is 0. The molecule has 0 fully saturated rings. The number of carboxylic acids is 1. The number of hydrogen-bond donors (Lipinski definition) is 3. The van der Waals surface area contributed by atoms with E-state index < -0.39 is 22.0 Å². The lowest BCUT2D eigenvalue weighted by Gasteiger charge is -2.11. The van der Waals surface area contributed by atoms with Gasteiger partial charge in [-0.15, -0.1) is 11.3 Å². The first kappa shape index (κ1) is 17.1. The van der Waals surface area contributed by atoms with Gasteiger partial charge in [-0.2, -0.15) is 4.72 Å². The third-order valence-corrected chi connectivity index (χ3v) is 5.30. The Morgan fingerprint density at radius 2 is 1.83 bits per heavy atom. The van der Waals surface area contributed by atoms with Crippen molar-refractivity contribution in [3.63, 3.8) is 0 Å². The number of thiophene rings is 1. The average Bonchev–Trinajstić information content (AvgIpc) is 3.01. The number of carbonyl (C=O) groups excluding carboxylic acids is 1. The van der Waals surface area contributed by atoms with Crippen molar-refractivity contribution in [1.29, 1.82) is 0 Å². The van der Waals surface area contributed by atoms with Crippen LogP contribution in [0.1, 0.15) is 16.6 Å². The number of hydrogen-bond acceptors (Lipinski definition) is 5. The Balaban J connectivity index is 2.10. The van der Waals surface area contributed by atoms with Gasteiger partial charge in [-0.1, -0.05) is 6.07 Å². The Morgan fingerprint density at radius 3 is 2.35 bits per heavy atom. The maximum atomic E-state index is 12.0. The van der Waals surface area contributed by atoms with Crippen molar-refractivity contribution in [1.82, 2.24) is 4.72 Å². The van der Waals surface area contributed by atoms with Crippen LogP contribution in [0.5, 0.6) is 0 Å². The molecular formula is C14H14N2O5S2. The van der Waals surface area contributed by atoms with Crippen molar-refractivity contribution in [2.24, 2.45) is 0 Å². The molecule has 122 valence electrons. The van der Waals surface area contributed by atoms with Gasteiger partial charge in [-0.3, -0.25) is 9.59 Å². The molecule has 2 rings (SSSR count). The lowest BCUT2D eigenvalue weighted by molar-refractivity contribution is -0.138. The second kappa shape index (κ2) is 6.90. The van der Waals surface area contributed by atoms with Gasteiger partial charge >= 0.3 is 5.97 Å². The minimum Gasteiger partial charge on any atom is -0.480 e. The molecule has 9 heteroatoms. The summed E-state index contributed by atoms with van der Waals surface area (Å²) in [4.78, 5) is 23.1. The minimum atomic E-state index is -3.93. The molecule has 0 saturated heterocycles. The van der Waals surface area contributed by atoms with Crippen molar-refractivity contribution < 1.29 is 23.1 Å². The summed E-state index contributed by atoms with van der Waals surface area (Å²) in [5.74, 6) is -1.55. The molecule has 1 atom stereocenters. The maximum absolute atomic E-state index is 12.0. The van der Waals surface area contributed by atoms with E-state index in [1.54, 1.807) is 17.5 Å². The number of sulfonamides is 1. The smallest absolute Gasteiger partial charge is 0.321 e. The molecule has 0 saturated carbocycles. The summed E-state index contributed by atoms with van der Waals surface area (Å²) < 4.78 is 26.1. The van der Waals surface area contributed by atoms with Gasteiger partial charge in [0.05, 0.1) is 9.77 Å². The standard InChI is InChI=1S/C14H14N2O5S2/c1-9(14(18)19)16-23(20,21)11-6-4-10(5-7-11)15-13(17)12-3-2-8-22-12/h2-9,16H,1H3,(H,15,17)(H,18,19)/t9-/m1/s1. The summed E-state index contributed by atoms with van der Waals surface area (Å²) in [6, 6.07) is 7.65. The molecule has 1 amide bonds. The normalized spacial score (nSPS) is 12.6. The van der Waals surface area contributed by atoms with Crippen molar-refractivity contribution in [3.8, 4) is 0 Å². The van der Waals surface area contributed by atoms with Gasteiger partial charge in [0.2, 0.25) is 10.0 Å². The fourth-order valence-corrected chi connectivity index (χ4v) is 3.48. The zero-order valence-electron chi connectivity index (χ0n) is 12.0. The van der Waals surface area contributed by atoms with E-state index in [0.717, 1.165) is 0 Å². The van der Waals surface area contributed by atoms with E-state index in [4.69, 9.17) is 5.11 Å². The van der Waals surface area contributed by atoms with Crippen molar-refractivity contribution in [3.05, 3.63) is 46.7 Å². The molecule has 0 radical (unpaired) electrons. The topological polar surface area (TPSA) is 113 Å². The molecule has 23 heavy (non-hydrogen) atoms. The molecule has 0 aliphatic carbocycles. The van der Waals surface area contributed by atoms with Crippen molar-refractivity contribution >= 4 is 38.9 Å². The van der Waals surface area contributed by atoms with Gasteiger partial charge in [0.25, 0.3) is 5.91 Å². The first-order valence-electron chi connectivity index (χ1n) is 6.49. The number of anilines is 1. The van der Waals surface area contributed by atoms with Crippen LogP contribution < -0.4 is 10.0 Å². The second-order valence-corrected chi connectivity index (χ2v) is 7.30. The Labute approximate surface area is 137 Å². The molecule has 0 spiro atoms. The molecule has 0 aliphatic rings. The highest BCUT2D eigenvalue weighted by molar-refractivity contribution is 7.89. The number of aliphatic carboxylic acids is 1. The highest BCUT2D eigenvalue weighted by Crippen LogP contribution is 2.16. The van der Waals surface area contributed by atoms with Gasteiger partial charge in [-0.25, -0.2) is 8.42 Å². The fourth-order valence-electron chi connectivity index (χ4n) is 1.67. The van der Waals surface area contributed by atoms with Crippen LogP contribution in [0.3, 0.4) is 0 Å². The number of rotatable bonds is 6. The summed E-state index contributed by atoms with van der Waals surface area (Å²) in [6.45, 7) is 1.23. The Bertz CT molecular complexity index is 798. The zero-order valence-corrected chi connectivity index (χ0v) is 13.6. The molecule has 0 unspecified atom stereocenters. The highest BCUT2D eigenvalue weighted by atomic mass is 32.2. The molecule has 7 nitrogen and oxygen atoms in total. The first-order chi connectivity index (χ1) is 10.8. The van der Waals surface area contributed by atoms with E-state index in [1.807, 2.05) is 4.72 Å². The first-order valence-corrected chi connectivity index (χ1v) is 8.86. The number of carboxylic acid groups (broad SMARTS) is 1. The van der Waals surface area contributed by atoms with Crippen LogP contribution in [0, 0.1) is 0 Å². The number of nitrogens with one attached hydrogen (secondary N) is 2. The number of amides is 1. The molecule has 2 aromatic rings. The van der Waals surface area contributed by atoms with Crippen LogP contribution in [0.25, 0.3) is 0 Å². The lowest BCUT2D eigenvalue weighted by atomic mass is 10.3. The van der Waals surface area contributed by atoms with Gasteiger partial charge in [0, 0.05) is 5.69 Å². The predicted molar refractivity (Wildman–Crippen MR) is 86.1 cm³/mol. The maximum Gasteiger partial charge on any atom is 0.321 e. The second-order valence-electron chi connectivity index (χ2n) is 4.64. The average molecular weight is 354 g/mol. The van der Waals surface area contributed by atoms with Crippen molar-refractivity contribution in [2.45, 2.75) is 17.9 Å². The van der Waals surface area contributed by atoms with Gasteiger partial charge in [0.15, 0.2) is 0 Å². The Kier molecular flexibility index (Phi) is 5.14. The van der Waals surface area contributed by atoms with E-state index in [9.17, 15) is 18.0 Å². The molecule has 1 heterocycles. The van der Waals surface area contributed by atoms with E-state index >= 15 is 0 Å². The van der Waals surface area contributed by atoms with E-state index in [-0.39, 0.29) is 10.8 Å². The van der Waals surface area contributed by atoms with Crippen LogP contribution in [0.15, 0.2) is 46.7 Å². The number of benzene rings is 1. The monoisotopic (exact) mass is 354 g/mol. The third kappa shape index (κ3) is 4.38. The summed E-state index contributed by atoms with van der Waals surface area (Å²) in [5, 5.41) is 13.2. The molecule has 0 aliphatic heterocycles. The van der Waals surface area contributed by atoms with Gasteiger partial charge < -0.3 is 10.4 Å². The SMILES string of the molecule is C[C@@H](NS(=O)(=O)c1ccc(NC(=O)c2cccs2)cc1)C(=O)O. The van der Waals surface area contributed by atoms with Crippen LogP contribution in [-0.2, 0) is 14.8 Å². The lowest BCUT2D eigenvalue weighted by Crippen LogP contribution is -2.38. The van der Waals surface area contributed by atoms with Crippen molar-refractivity contribution in [2.75, 3.05) is 5.32 Å². The van der Waals surface area contributed by atoms with Gasteiger partial charge in [0.1, 0.15) is 6.04 Å². The van der Waals surface area contributed by atoms with Crippen LogP contribution in [-0.4, -0.2) is 31.4 Å². The molecule has 3 N–H and O–H groups in total. The highest BCUT2D eigenvalue weighted by Gasteiger charge is 2.21. The van der Waals surface area contributed by atoms with Gasteiger partial charge in [-0.05, 0) is 42.6 Å². The molecule has 0 bridgehead atoms.